The van der Waals surface area contributed by atoms with Crippen molar-refractivity contribution in [3.63, 3.8) is 0 Å². The number of rotatable bonds is 7. The molecule has 112 valence electrons. The fourth-order valence-electron chi connectivity index (χ4n) is 2.08. The van der Waals surface area contributed by atoms with Gasteiger partial charge in [0.2, 0.25) is 0 Å². The molecule has 21 heavy (non-hydrogen) atoms. The Labute approximate surface area is 134 Å². The molecule has 0 fully saturated rings. The Bertz CT molecular complexity index is 557. The second-order valence-electron chi connectivity index (χ2n) is 5.09. The summed E-state index contributed by atoms with van der Waals surface area (Å²) in [6.45, 7) is 2.92. The number of nitrogens with zero attached hydrogens (tertiary/aromatic N) is 1. The normalized spacial score (nSPS) is 12.1. The van der Waals surface area contributed by atoms with Gasteiger partial charge in [0.05, 0.1) is 6.61 Å². The van der Waals surface area contributed by atoms with Crippen LogP contribution in [0, 0.1) is 0 Å². The van der Waals surface area contributed by atoms with Gasteiger partial charge in [0.15, 0.2) is 0 Å². The largest absolute Gasteiger partial charge is 0.494 e. The summed E-state index contributed by atoms with van der Waals surface area (Å²) in [7, 11) is 0. The molecule has 0 saturated heterocycles. The zero-order chi connectivity index (χ0) is 15.1. The summed E-state index contributed by atoms with van der Waals surface area (Å²) in [5.41, 5.74) is 8.50. The van der Waals surface area contributed by atoms with E-state index >= 15 is 0 Å². The van der Waals surface area contributed by atoms with Crippen LogP contribution in [0.1, 0.15) is 36.9 Å². The van der Waals surface area contributed by atoms with Crippen molar-refractivity contribution < 1.29 is 4.74 Å². The Kier molecular flexibility index (Phi) is 6.21. The van der Waals surface area contributed by atoms with Gasteiger partial charge in [0, 0.05) is 22.9 Å². The van der Waals surface area contributed by atoms with E-state index in [1.54, 1.807) is 6.20 Å². The van der Waals surface area contributed by atoms with Crippen LogP contribution in [0.25, 0.3) is 0 Å². The number of benzene rings is 1. The monoisotopic (exact) mass is 348 g/mol. The van der Waals surface area contributed by atoms with Crippen LogP contribution in [0.15, 0.2) is 47.2 Å². The molecule has 2 N–H and O–H groups in total. The molecule has 0 radical (unpaired) electrons. The average molecular weight is 349 g/mol. The minimum Gasteiger partial charge on any atom is -0.494 e. The van der Waals surface area contributed by atoms with Gasteiger partial charge < -0.3 is 10.5 Å². The molecule has 1 unspecified atom stereocenters. The second-order valence-corrected chi connectivity index (χ2v) is 6.01. The van der Waals surface area contributed by atoms with Gasteiger partial charge in [-0.2, -0.15) is 0 Å². The number of ether oxygens (including phenoxy) is 1. The highest BCUT2D eigenvalue weighted by Gasteiger charge is 2.08. The third kappa shape index (κ3) is 5.14. The van der Waals surface area contributed by atoms with Crippen LogP contribution in [0.4, 0.5) is 0 Å². The maximum absolute atomic E-state index is 6.26. The first-order chi connectivity index (χ1) is 10.2. The van der Waals surface area contributed by atoms with E-state index in [0.717, 1.165) is 47.2 Å². The molecule has 2 aromatic rings. The molecule has 2 rings (SSSR count). The predicted octanol–water partition coefficient (Wildman–Crippen LogP) is 4.27. The summed E-state index contributed by atoms with van der Waals surface area (Å²) in [4.78, 5) is 4.16. The van der Waals surface area contributed by atoms with Crippen LogP contribution < -0.4 is 10.5 Å². The van der Waals surface area contributed by atoms with Gasteiger partial charge in [0.1, 0.15) is 5.75 Å². The van der Waals surface area contributed by atoms with Crippen molar-refractivity contribution in [2.45, 2.75) is 32.2 Å². The average Bonchev–Trinajstić information content (AvgIpc) is 2.48. The van der Waals surface area contributed by atoms with Crippen LogP contribution in [0.3, 0.4) is 0 Å². The molecule has 4 heteroatoms. The standard InChI is InChI=1S/C17H21BrN2O/c1-2-3-8-21-16-6-4-14(5-7-16)17(19)10-13-9-15(18)12-20-11-13/h4-7,9,11-12,17H,2-3,8,10,19H2,1H3. The van der Waals surface area contributed by atoms with E-state index in [4.69, 9.17) is 10.5 Å². The second kappa shape index (κ2) is 8.15. The molecular formula is C17H21BrN2O. The summed E-state index contributed by atoms with van der Waals surface area (Å²) in [6, 6.07) is 10.1. The third-order valence-electron chi connectivity index (χ3n) is 3.29. The van der Waals surface area contributed by atoms with Gasteiger partial charge in [-0.15, -0.1) is 0 Å². The molecule has 0 aliphatic carbocycles. The molecule has 1 atom stereocenters. The Morgan fingerprint density at radius 3 is 2.67 bits per heavy atom. The maximum atomic E-state index is 6.26. The Hall–Kier alpha value is -1.39. The van der Waals surface area contributed by atoms with Crippen molar-refractivity contribution in [1.29, 1.82) is 0 Å². The Morgan fingerprint density at radius 1 is 1.24 bits per heavy atom. The molecule has 0 aliphatic rings. The van der Waals surface area contributed by atoms with E-state index in [0.29, 0.717) is 0 Å². The van der Waals surface area contributed by atoms with Gasteiger partial charge in [-0.25, -0.2) is 0 Å². The highest BCUT2D eigenvalue weighted by Crippen LogP contribution is 2.20. The molecule has 0 amide bonds. The van der Waals surface area contributed by atoms with Crippen molar-refractivity contribution in [2.24, 2.45) is 5.73 Å². The van der Waals surface area contributed by atoms with Crippen molar-refractivity contribution in [3.05, 3.63) is 58.3 Å². The number of hydrogen-bond donors (Lipinski definition) is 1. The summed E-state index contributed by atoms with van der Waals surface area (Å²) in [5, 5.41) is 0. The van der Waals surface area contributed by atoms with E-state index in [1.807, 2.05) is 30.5 Å². The predicted molar refractivity (Wildman–Crippen MR) is 89.4 cm³/mol. The lowest BCUT2D eigenvalue weighted by Crippen LogP contribution is -2.13. The van der Waals surface area contributed by atoms with Crippen molar-refractivity contribution in [1.82, 2.24) is 4.98 Å². The highest BCUT2D eigenvalue weighted by molar-refractivity contribution is 9.10. The van der Waals surface area contributed by atoms with Crippen LogP contribution in [0.2, 0.25) is 0 Å². The molecule has 1 aromatic heterocycles. The maximum Gasteiger partial charge on any atom is 0.119 e. The third-order valence-corrected chi connectivity index (χ3v) is 3.73. The van der Waals surface area contributed by atoms with Gasteiger partial charge in [-0.1, -0.05) is 25.5 Å². The van der Waals surface area contributed by atoms with Crippen LogP contribution in [-0.2, 0) is 6.42 Å². The molecule has 3 nitrogen and oxygen atoms in total. The SMILES string of the molecule is CCCCOc1ccc(C(N)Cc2cncc(Br)c2)cc1. The first-order valence-electron chi connectivity index (χ1n) is 7.27. The summed E-state index contributed by atoms with van der Waals surface area (Å²) >= 11 is 3.43. The number of pyridine rings is 1. The lowest BCUT2D eigenvalue weighted by atomic mass is 10.0. The number of hydrogen-bond acceptors (Lipinski definition) is 3. The van der Waals surface area contributed by atoms with E-state index in [-0.39, 0.29) is 6.04 Å². The highest BCUT2D eigenvalue weighted by atomic mass is 79.9. The lowest BCUT2D eigenvalue weighted by Gasteiger charge is -2.13. The van der Waals surface area contributed by atoms with Crippen molar-refractivity contribution >= 4 is 15.9 Å². The van der Waals surface area contributed by atoms with Gasteiger partial charge >= 0.3 is 0 Å². The number of nitrogens with two attached hydrogens (primary N) is 1. The summed E-state index contributed by atoms with van der Waals surface area (Å²) in [5.74, 6) is 0.906. The quantitative estimate of drug-likeness (QED) is 0.760. The molecule has 1 heterocycles. The topological polar surface area (TPSA) is 48.1 Å². The fourth-order valence-corrected chi connectivity index (χ4v) is 2.50. The Morgan fingerprint density at radius 2 is 2.00 bits per heavy atom. The van der Waals surface area contributed by atoms with Crippen LogP contribution in [0.5, 0.6) is 5.75 Å². The van der Waals surface area contributed by atoms with Crippen LogP contribution in [-0.4, -0.2) is 11.6 Å². The molecule has 1 aromatic carbocycles. The molecule has 0 saturated carbocycles. The van der Waals surface area contributed by atoms with Gasteiger partial charge in [-0.05, 0) is 58.1 Å². The zero-order valence-electron chi connectivity index (χ0n) is 12.3. The first-order valence-corrected chi connectivity index (χ1v) is 8.06. The summed E-state index contributed by atoms with van der Waals surface area (Å²) < 4.78 is 6.64. The minimum atomic E-state index is -0.0363. The molecular weight excluding hydrogens is 328 g/mol. The Balaban J connectivity index is 1.94. The van der Waals surface area contributed by atoms with Gasteiger partial charge in [-0.3, -0.25) is 4.98 Å². The van der Waals surface area contributed by atoms with E-state index < -0.39 is 0 Å². The zero-order valence-corrected chi connectivity index (χ0v) is 13.8. The van der Waals surface area contributed by atoms with Gasteiger partial charge in [0.25, 0.3) is 0 Å². The van der Waals surface area contributed by atoms with E-state index in [9.17, 15) is 0 Å². The lowest BCUT2D eigenvalue weighted by molar-refractivity contribution is 0.309. The number of halogens is 1. The number of unbranched alkanes of at least 4 members (excludes halogenated alkanes) is 1. The molecule has 0 bridgehead atoms. The van der Waals surface area contributed by atoms with Crippen molar-refractivity contribution in [2.75, 3.05) is 6.61 Å². The van der Waals surface area contributed by atoms with E-state index in [1.165, 1.54) is 0 Å². The molecule has 0 spiro atoms. The summed E-state index contributed by atoms with van der Waals surface area (Å²) in [6.07, 6.45) is 6.62. The van der Waals surface area contributed by atoms with E-state index in [2.05, 4.69) is 33.9 Å². The fraction of sp³-hybridized carbons (Fsp3) is 0.353. The minimum absolute atomic E-state index is 0.0363. The first kappa shape index (κ1) is 16.0. The smallest absolute Gasteiger partial charge is 0.119 e. The molecule has 0 aliphatic heterocycles. The number of aromatic nitrogens is 1. The van der Waals surface area contributed by atoms with Crippen molar-refractivity contribution in [3.8, 4) is 5.75 Å². The van der Waals surface area contributed by atoms with Crippen LogP contribution >= 0.6 is 15.9 Å².